The molecule has 5 aromatic carbocycles. The number of aryl methyl sites for hydroxylation is 1. The number of fused-ring (bicyclic) bond motifs is 2. The van der Waals surface area contributed by atoms with Gasteiger partial charge >= 0.3 is 23.1 Å². The predicted octanol–water partition coefficient (Wildman–Crippen LogP) is 7.21. The Labute approximate surface area is 504 Å². The van der Waals surface area contributed by atoms with Crippen molar-refractivity contribution >= 4 is 68.0 Å². The Morgan fingerprint density at radius 3 is 1.11 bits per heavy atom. The molecule has 23 nitrogen and oxygen atoms in total. The number of aromatic amines is 2. The Balaban J connectivity index is -0.0000000745. The normalized spacial score (nSPS) is 8.59. The Morgan fingerprint density at radius 2 is 0.825 bits per heavy atom. The summed E-state index contributed by atoms with van der Waals surface area (Å²) in [5, 5.41) is 33.4. The Kier molecular flexibility index (Phi) is 104. The number of benzene rings is 5. The molecule has 1 fully saturated rings. The molecule has 25 heteroatoms. The topological polar surface area (TPSA) is 434 Å². The maximum Gasteiger partial charge on any atom is 2.00 e. The summed E-state index contributed by atoms with van der Waals surface area (Å²) in [6, 6.07) is 41.8. The van der Waals surface area contributed by atoms with E-state index < -0.39 is 4.92 Å². The smallest absolute Gasteiger partial charge is 1.00 e. The van der Waals surface area contributed by atoms with Gasteiger partial charge in [-0.2, -0.15) is 0 Å². The average Bonchev–Trinajstić information content (AvgIpc) is 4.38. The number of nitro benzene ring substituents is 3. The first-order valence-corrected chi connectivity index (χ1v) is 24.7. The fourth-order valence-electron chi connectivity index (χ4n) is 4.84. The molecule has 0 bridgehead atoms. The number of hydrogen-bond acceptors (Lipinski definition) is 18. The number of ether oxygens (including phenoxy) is 1. The SMILES string of the molecule is C1CCOC1.CC.CC.CC.CC.CC.CN(C)/C=C/c1ccccc1[N+](=O)[O-].Cc1ccccc1[N+](=O)[O-].NN.NN.NN.NN.NN.O=[N+]([O-])c1ccccc1.[Br-].[CH-]=C.[Mg+2].c1ccc2[nH]ccc2c1.c1ccc2[nH]ccc2c1. The second-order valence-corrected chi connectivity index (χ2v) is 12.2. The van der Waals surface area contributed by atoms with Gasteiger partial charge in [-0.1, -0.05) is 154 Å². The van der Waals surface area contributed by atoms with Gasteiger partial charge in [0.15, 0.2) is 0 Å². The van der Waals surface area contributed by atoms with Gasteiger partial charge in [0.25, 0.3) is 17.1 Å². The molecule has 450 valence electrons. The van der Waals surface area contributed by atoms with Crippen LogP contribution in [0, 0.1) is 43.8 Å². The van der Waals surface area contributed by atoms with E-state index in [1.807, 2.05) is 125 Å². The zero-order valence-corrected chi connectivity index (χ0v) is 52.7. The van der Waals surface area contributed by atoms with Crippen LogP contribution in [-0.2, 0) is 4.74 Å². The van der Waals surface area contributed by atoms with E-state index in [1.54, 1.807) is 73.8 Å². The van der Waals surface area contributed by atoms with E-state index >= 15 is 0 Å². The zero-order valence-electron chi connectivity index (χ0n) is 49.7. The third-order valence-corrected chi connectivity index (χ3v) is 7.72. The monoisotopic (exact) mass is 1200 g/mol. The minimum atomic E-state index is -0.417. The van der Waals surface area contributed by atoms with E-state index in [9.17, 15) is 30.3 Å². The van der Waals surface area contributed by atoms with Gasteiger partial charge in [0.05, 0.1) is 20.3 Å². The third-order valence-electron chi connectivity index (χ3n) is 7.72. The number of hydrogen-bond donors (Lipinski definition) is 12. The first-order valence-electron chi connectivity index (χ1n) is 24.7. The number of halogens is 1. The van der Waals surface area contributed by atoms with Crippen molar-refractivity contribution < 1.29 is 36.5 Å². The van der Waals surface area contributed by atoms with Crippen molar-refractivity contribution in [2.24, 2.45) is 58.4 Å². The average molecular weight is 1200 g/mol. The standard InChI is InChI=1S/C10H12N2O2.2C8H7N.C7H7NO2.C6H5NO2.C4H8O.5C2H6.C2H3.BrH.Mg.5H4N2/c1-11(2)8-7-9-5-3-4-6-10(9)12(13)14;2*1-2-4-8-7(3-1)5-6-9-8;1-6-4-2-3-5-7(6)8(9)10;8-7(9)6-4-2-1-3-5-6;1-2-4-5-3-1;6*1-2;;;5*1-2/h3-8H,1-2H3;2*1-6,9H;2-5H,1H3;1-5H;1-4H2;5*1-2H3;1H,2H2;1H;;5*1-2H2/q;;;;;;;;;;;-1;;+2;;;;;/p-1/b8-7+;;;;;;;;;;;;;;;;;;. The Bertz CT molecular complexity index is 2180. The van der Waals surface area contributed by atoms with E-state index in [2.05, 4.69) is 118 Å². The molecule has 1 aliphatic heterocycles. The van der Waals surface area contributed by atoms with Crippen molar-refractivity contribution in [2.45, 2.75) is 89.0 Å². The Hall–Kier alpha value is -6.53. The molecular weight excluding hydrogens is 1100 g/mol. The van der Waals surface area contributed by atoms with Crippen LogP contribution < -0.4 is 75.4 Å². The summed E-state index contributed by atoms with van der Waals surface area (Å²) in [6.45, 7) is 30.7. The number of nitrogens with two attached hydrogens (primary N) is 10. The van der Waals surface area contributed by atoms with Crippen molar-refractivity contribution in [3.63, 3.8) is 0 Å². The van der Waals surface area contributed by atoms with E-state index in [0.717, 1.165) is 13.2 Å². The molecule has 1 aliphatic rings. The van der Waals surface area contributed by atoms with Crippen molar-refractivity contribution in [1.82, 2.24) is 14.9 Å². The van der Waals surface area contributed by atoms with E-state index in [0.29, 0.717) is 11.1 Å². The van der Waals surface area contributed by atoms with Gasteiger partial charge < -0.3 is 43.2 Å². The van der Waals surface area contributed by atoms with Crippen LogP contribution in [0.1, 0.15) is 93.2 Å². The summed E-state index contributed by atoms with van der Waals surface area (Å²) < 4.78 is 4.94. The molecule has 1 saturated heterocycles. The van der Waals surface area contributed by atoms with Crippen LogP contribution in [0.2, 0.25) is 0 Å². The van der Waals surface area contributed by atoms with Gasteiger partial charge in [-0.3, -0.25) is 95.3 Å². The molecule has 3 heterocycles. The van der Waals surface area contributed by atoms with Gasteiger partial charge in [0, 0.05) is 80.6 Å². The van der Waals surface area contributed by atoms with Crippen LogP contribution >= 0.6 is 0 Å². The van der Waals surface area contributed by atoms with Gasteiger partial charge in [-0.15, -0.1) is 0 Å². The number of nitrogens with one attached hydrogen (secondary N) is 2. The number of nitro groups is 3. The van der Waals surface area contributed by atoms with Gasteiger partial charge in [-0.25, -0.2) is 0 Å². The summed E-state index contributed by atoms with van der Waals surface area (Å²) in [5.74, 6) is 40.0. The van der Waals surface area contributed by atoms with E-state index in [1.165, 1.54) is 58.9 Å². The van der Waals surface area contributed by atoms with Crippen molar-refractivity contribution in [3.05, 3.63) is 213 Å². The van der Waals surface area contributed by atoms with E-state index in [-0.39, 0.29) is 66.9 Å². The molecule has 7 aromatic rings. The second kappa shape index (κ2) is 83.8. The van der Waals surface area contributed by atoms with Crippen LogP contribution in [0.3, 0.4) is 0 Å². The number of non-ortho nitro benzene ring substituents is 1. The quantitative estimate of drug-likeness (QED) is 0.0266. The first-order chi connectivity index (χ1) is 38.1. The number of aromatic nitrogens is 2. The minimum Gasteiger partial charge on any atom is -1.00 e. The number of hydrazine groups is 5. The van der Waals surface area contributed by atoms with Crippen molar-refractivity contribution in [1.29, 1.82) is 0 Å². The molecular formula is C55H99BrMgN16O7. The molecule has 8 rings (SSSR count). The fraction of sp³-hybridized carbons (Fsp3) is 0.309. The minimum absolute atomic E-state index is 0. The van der Waals surface area contributed by atoms with E-state index in [4.69, 9.17) is 4.74 Å². The first kappa shape index (κ1) is 98.9. The van der Waals surface area contributed by atoms with Crippen molar-refractivity contribution in [2.75, 3.05) is 27.3 Å². The zero-order chi connectivity index (χ0) is 62.5. The summed E-state index contributed by atoms with van der Waals surface area (Å²) in [6.07, 6.45) is 9.95. The molecule has 22 N–H and O–H groups in total. The molecule has 80 heavy (non-hydrogen) atoms. The Morgan fingerprint density at radius 1 is 0.500 bits per heavy atom. The van der Waals surface area contributed by atoms with Crippen LogP contribution in [-0.4, -0.2) is 80.0 Å². The maximum atomic E-state index is 10.6. The number of para-hydroxylation sites is 5. The molecule has 2 aromatic heterocycles. The van der Waals surface area contributed by atoms with Crippen LogP contribution in [0.5, 0.6) is 0 Å². The summed E-state index contributed by atoms with van der Waals surface area (Å²) >= 11 is 0. The molecule has 0 spiro atoms. The number of H-pyrrole nitrogens is 2. The van der Waals surface area contributed by atoms with Crippen LogP contribution in [0.25, 0.3) is 27.9 Å². The van der Waals surface area contributed by atoms with Crippen LogP contribution in [0.4, 0.5) is 17.1 Å². The molecule has 0 amide bonds. The number of nitrogens with zero attached hydrogens (tertiary/aromatic N) is 4. The maximum absolute atomic E-state index is 10.6. The van der Waals surface area contributed by atoms with Gasteiger partial charge in [-0.05, 0) is 73.1 Å². The number of rotatable bonds is 5. The van der Waals surface area contributed by atoms with Gasteiger partial charge in [0.2, 0.25) is 0 Å². The molecule has 0 atom stereocenters. The third kappa shape index (κ3) is 56.2. The molecule has 0 unspecified atom stereocenters. The summed E-state index contributed by atoms with van der Waals surface area (Å²) in [4.78, 5) is 37.8. The summed E-state index contributed by atoms with van der Waals surface area (Å²) in [7, 11) is 3.73. The fourth-order valence-corrected chi connectivity index (χ4v) is 4.84. The summed E-state index contributed by atoms with van der Waals surface area (Å²) in [5.41, 5.74) is 4.18. The molecule has 0 aliphatic carbocycles. The largest absolute Gasteiger partial charge is 2.00 e. The predicted molar refractivity (Wildman–Crippen MR) is 338 cm³/mol. The van der Waals surface area contributed by atoms with Crippen LogP contribution in [0.15, 0.2) is 165 Å². The molecule has 0 saturated carbocycles. The second-order valence-electron chi connectivity index (χ2n) is 12.2. The van der Waals surface area contributed by atoms with Crippen molar-refractivity contribution in [3.8, 4) is 0 Å². The molecule has 0 radical (unpaired) electrons. The van der Waals surface area contributed by atoms with Gasteiger partial charge in [0.1, 0.15) is 0 Å².